The zero-order valence-corrected chi connectivity index (χ0v) is 11.3. The van der Waals surface area contributed by atoms with E-state index in [4.69, 9.17) is 5.11 Å². The number of carbonyl (C=O) groups excluding carboxylic acids is 2. The molecule has 3 amide bonds. The third-order valence-electron chi connectivity index (χ3n) is 2.53. The van der Waals surface area contributed by atoms with Gasteiger partial charge in [0.2, 0.25) is 0 Å². The summed E-state index contributed by atoms with van der Waals surface area (Å²) in [7, 11) is 0. The monoisotopic (exact) mass is 299 g/mol. The molecule has 3 N–H and O–H groups in total. The molecule has 1 aromatic rings. The Kier molecular flexibility index (Phi) is 4.64. The number of imide groups is 1. The molecule has 0 spiro atoms. The minimum atomic E-state index is -1.18. The summed E-state index contributed by atoms with van der Waals surface area (Å²) < 4.78 is 4.55. The quantitative estimate of drug-likeness (QED) is 0.723. The number of carboxylic acids is 1. The summed E-state index contributed by atoms with van der Waals surface area (Å²) in [5.41, 5.74) is 1.00. The Morgan fingerprint density at radius 2 is 2.10 bits per heavy atom. The van der Waals surface area contributed by atoms with Crippen molar-refractivity contribution in [3.8, 4) is 0 Å². The van der Waals surface area contributed by atoms with Crippen LogP contribution in [0.15, 0.2) is 0 Å². The van der Waals surface area contributed by atoms with Crippen molar-refractivity contribution >= 4 is 34.4 Å². The van der Waals surface area contributed by atoms with Crippen molar-refractivity contribution in [2.75, 3.05) is 18.5 Å². The summed E-state index contributed by atoms with van der Waals surface area (Å²) >= 11 is 1.40. The molecule has 8 nitrogen and oxygen atoms in total. The number of nitrogens with zero attached hydrogens (tertiary/aromatic N) is 1. The molecule has 1 aliphatic rings. The highest BCUT2D eigenvalue weighted by atomic mass is 32.1. The molecular weight excluding hydrogens is 286 g/mol. The lowest BCUT2D eigenvalue weighted by Crippen LogP contribution is -2.37. The van der Waals surface area contributed by atoms with E-state index in [0.717, 1.165) is 29.8 Å². The van der Waals surface area contributed by atoms with Gasteiger partial charge in [0, 0.05) is 4.88 Å². The van der Waals surface area contributed by atoms with E-state index in [-0.39, 0.29) is 0 Å². The normalized spacial score (nSPS) is 12.8. The SMILES string of the molecule is O=C(O)COCC(=O)NC(=O)Nc1nc2c(s1)CCC2. The van der Waals surface area contributed by atoms with Gasteiger partial charge < -0.3 is 9.84 Å². The van der Waals surface area contributed by atoms with E-state index in [2.05, 4.69) is 15.0 Å². The summed E-state index contributed by atoms with van der Waals surface area (Å²) in [5.74, 6) is -1.90. The molecule has 0 atom stereocenters. The van der Waals surface area contributed by atoms with Crippen molar-refractivity contribution in [3.63, 3.8) is 0 Å². The number of aromatic nitrogens is 1. The van der Waals surface area contributed by atoms with Crippen molar-refractivity contribution in [1.82, 2.24) is 10.3 Å². The Bertz CT molecular complexity index is 521. The Morgan fingerprint density at radius 1 is 1.30 bits per heavy atom. The molecule has 0 bridgehead atoms. The molecule has 20 heavy (non-hydrogen) atoms. The summed E-state index contributed by atoms with van der Waals surface area (Å²) in [6, 6.07) is -0.707. The second-order valence-electron chi connectivity index (χ2n) is 4.13. The maximum absolute atomic E-state index is 11.5. The average molecular weight is 299 g/mol. The fourth-order valence-electron chi connectivity index (χ4n) is 1.77. The minimum absolute atomic E-state index is 0.450. The van der Waals surface area contributed by atoms with Crippen LogP contribution in [0.3, 0.4) is 0 Å². The lowest BCUT2D eigenvalue weighted by molar-refractivity contribution is -0.143. The number of aliphatic carboxylic acids is 1. The van der Waals surface area contributed by atoms with Crippen molar-refractivity contribution in [2.45, 2.75) is 19.3 Å². The van der Waals surface area contributed by atoms with Crippen LogP contribution in [-0.2, 0) is 27.2 Å². The van der Waals surface area contributed by atoms with E-state index >= 15 is 0 Å². The lowest BCUT2D eigenvalue weighted by Gasteiger charge is -2.04. The highest BCUT2D eigenvalue weighted by molar-refractivity contribution is 7.15. The summed E-state index contributed by atoms with van der Waals surface area (Å²) in [4.78, 5) is 38.3. The van der Waals surface area contributed by atoms with Gasteiger partial charge in [0.05, 0.1) is 5.69 Å². The van der Waals surface area contributed by atoms with Crippen LogP contribution in [0.1, 0.15) is 17.0 Å². The van der Waals surface area contributed by atoms with Crippen LogP contribution in [0.4, 0.5) is 9.93 Å². The van der Waals surface area contributed by atoms with Crippen LogP contribution in [0.5, 0.6) is 0 Å². The molecule has 2 rings (SSSR count). The van der Waals surface area contributed by atoms with Gasteiger partial charge in [-0.2, -0.15) is 0 Å². The van der Waals surface area contributed by atoms with Crippen molar-refractivity contribution in [3.05, 3.63) is 10.6 Å². The van der Waals surface area contributed by atoms with Crippen LogP contribution in [0.25, 0.3) is 0 Å². The maximum Gasteiger partial charge on any atom is 0.329 e. The molecule has 0 fully saturated rings. The fraction of sp³-hybridized carbons (Fsp3) is 0.455. The zero-order valence-electron chi connectivity index (χ0n) is 10.5. The van der Waals surface area contributed by atoms with Crippen molar-refractivity contribution in [2.24, 2.45) is 0 Å². The Morgan fingerprint density at radius 3 is 2.80 bits per heavy atom. The number of rotatable bonds is 5. The Balaban J connectivity index is 1.74. The second-order valence-corrected chi connectivity index (χ2v) is 5.21. The summed E-state index contributed by atoms with van der Waals surface area (Å²) in [5, 5.41) is 13.3. The topological polar surface area (TPSA) is 118 Å². The molecule has 0 unspecified atom stereocenters. The van der Waals surface area contributed by atoms with Gasteiger partial charge in [-0.3, -0.25) is 15.4 Å². The maximum atomic E-state index is 11.5. The molecule has 1 aliphatic carbocycles. The predicted octanol–water partition coefficient (Wildman–Crippen LogP) is 0.381. The van der Waals surface area contributed by atoms with Gasteiger partial charge in [-0.15, -0.1) is 11.3 Å². The van der Waals surface area contributed by atoms with Gasteiger partial charge in [-0.1, -0.05) is 0 Å². The molecule has 1 heterocycles. The number of urea groups is 1. The molecule has 108 valence electrons. The van der Waals surface area contributed by atoms with Gasteiger partial charge in [0.1, 0.15) is 13.2 Å². The molecule has 0 aromatic carbocycles. The molecule has 9 heteroatoms. The van der Waals surface area contributed by atoms with Crippen LogP contribution in [0.2, 0.25) is 0 Å². The highest BCUT2D eigenvalue weighted by Crippen LogP contribution is 2.30. The molecule has 1 aromatic heterocycles. The summed E-state index contributed by atoms with van der Waals surface area (Å²) in [6.07, 6.45) is 2.97. The molecule has 0 aliphatic heterocycles. The zero-order chi connectivity index (χ0) is 14.5. The number of hydrogen-bond donors (Lipinski definition) is 3. The van der Waals surface area contributed by atoms with Crippen LogP contribution in [-0.4, -0.2) is 41.2 Å². The standard InChI is InChI=1S/C11H13N3O5S/c15-8(4-19-5-9(16)17)13-10(18)14-11-12-6-2-1-3-7(6)20-11/h1-5H2,(H,16,17)(H2,12,13,14,15,18). The Labute approximate surface area is 118 Å². The van der Waals surface area contributed by atoms with Gasteiger partial charge >= 0.3 is 12.0 Å². The average Bonchev–Trinajstić information content (AvgIpc) is 2.88. The molecule has 0 saturated carbocycles. The third-order valence-corrected chi connectivity index (χ3v) is 3.60. The number of ether oxygens (including phenoxy) is 1. The van der Waals surface area contributed by atoms with E-state index < -0.39 is 31.1 Å². The molecule has 0 radical (unpaired) electrons. The number of thiazole rings is 1. The Hall–Kier alpha value is -2.00. The number of fused-ring (bicyclic) bond motifs is 1. The van der Waals surface area contributed by atoms with Crippen LogP contribution < -0.4 is 10.6 Å². The highest BCUT2D eigenvalue weighted by Gasteiger charge is 2.18. The lowest BCUT2D eigenvalue weighted by atomic mass is 10.4. The molecular formula is C11H13N3O5S. The van der Waals surface area contributed by atoms with Crippen LogP contribution in [0, 0.1) is 0 Å². The van der Waals surface area contributed by atoms with Gasteiger partial charge in [-0.25, -0.2) is 14.6 Å². The van der Waals surface area contributed by atoms with Gasteiger partial charge in [0.15, 0.2) is 5.13 Å². The number of amides is 3. The number of hydrogen-bond acceptors (Lipinski definition) is 6. The van der Waals surface area contributed by atoms with Crippen molar-refractivity contribution < 1.29 is 24.2 Å². The number of carbonyl (C=O) groups is 3. The number of anilines is 1. The van der Waals surface area contributed by atoms with E-state index in [1.54, 1.807) is 0 Å². The third kappa shape index (κ3) is 4.00. The number of aryl methyl sites for hydroxylation is 2. The first kappa shape index (κ1) is 14.4. The first-order valence-corrected chi connectivity index (χ1v) is 6.75. The van der Waals surface area contributed by atoms with Crippen LogP contribution >= 0.6 is 11.3 Å². The smallest absolute Gasteiger partial charge is 0.329 e. The fourth-order valence-corrected chi connectivity index (χ4v) is 2.81. The van der Waals surface area contributed by atoms with Crippen molar-refractivity contribution in [1.29, 1.82) is 0 Å². The first-order valence-electron chi connectivity index (χ1n) is 5.93. The molecule has 0 saturated heterocycles. The van der Waals surface area contributed by atoms with E-state index in [9.17, 15) is 14.4 Å². The van der Waals surface area contributed by atoms with E-state index in [0.29, 0.717) is 5.13 Å². The largest absolute Gasteiger partial charge is 0.480 e. The predicted molar refractivity (Wildman–Crippen MR) is 69.8 cm³/mol. The van der Waals surface area contributed by atoms with Gasteiger partial charge in [-0.05, 0) is 19.3 Å². The van der Waals surface area contributed by atoms with E-state index in [1.807, 2.05) is 5.32 Å². The van der Waals surface area contributed by atoms with Gasteiger partial charge in [0.25, 0.3) is 5.91 Å². The number of nitrogens with one attached hydrogen (secondary N) is 2. The second kappa shape index (κ2) is 6.44. The minimum Gasteiger partial charge on any atom is -0.480 e. The number of carboxylic acid groups (broad SMARTS) is 1. The van der Waals surface area contributed by atoms with E-state index in [1.165, 1.54) is 11.3 Å². The first-order chi connectivity index (χ1) is 9.54. The summed E-state index contributed by atoms with van der Waals surface area (Å²) in [6.45, 7) is -1.08.